The van der Waals surface area contributed by atoms with Gasteiger partial charge in [0, 0.05) is 11.1 Å². The number of benzene rings is 2. The summed E-state index contributed by atoms with van der Waals surface area (Å²) in [5.74, 6) is -0.552. The lowest BCUT2D eigenvalue weighted by Gasteiger charge is -2.14. The van der Waals surface area contributed by atoms with E-state index in [0.29, 0.717) is 17.0 Å². The van der Waals surface area contributed by atoms with Gasteiger partial charge in [0.05, 0.1) is 11.4 Å². The fourth-order valence-corrected chi connectivity index (χ4v) is 3.52. The van der Waals surface area contributed by atoms with Gasteiger partial charge in [-0.05, 0) is 43.0 Å². The van der Waals surface area contributed by atoms with Crippen LogP contribution in [0.2, 0.25) is 0 Å². The Labute approximate surface area is 194 Å². The number of ether oxygens (including phenoxy) is 1. The maximum Gasteiger partial charge on any atom is 0.291 e. The Morgan fingerprint density at radius 2 is 1.91 bits per heavy atom. The number of amidine groups is 1. The van der Waals surface area contributed by atoms with Crippen molar-refractivity contribution in [2.75, 3.05) is 5.32 Å². The van der Waals surface area contributed by atoms with E-state index in [1.54, 1.807) is 6.07 Å². The summed E-state index contributed by atoms with van der Waals surface area (Å²) >= 11 is 0. The van der Waals surface area contributed by atoms with Gasteiger partial charge >= 0.3 is 0 Å². The topological polar surface area (TPSA) is 113 Å². The molecule has 7 nitrogen and oxygen atoms in total. The van der Waals surface area contributed by atoms with Crippen LogP contribution in [0, 0.1) is 12.3 Å². The van der Waals surface area contributed by atoms with Crippen LogP contribution >= 0.6 is 0 Å². The monoisotopic (exact) mass is 443 g/mol. The van der Waals surface area contributed by atoms with Crippen LogP contribution < -0.4 is 11.1 Å². The van der Waals surface area contributed by atoms with Crippen LogP contribution in [-0.2, 0) is 9.53 Å². The van der Waals surface area contributed by atoms with Crippen molar-refractivity contribution in [3.05, 3.63) is 89.0 Å². The number of amides is 1. The molecule has 1 atom stereocenters. The highest BCUT2D eigenvalue weighted by atomic mass is 16.5. The summed E-state index contributed by atoms with van der Waals surface area (Å²) in [5, 5.41) is 11.1. The molecule has 0 radical (unpaired) electrons. The van der Waals surface area contributed by atoms with Gasteiger partial charge in [-0.1, -0.05) is 68.5 Å². The smallest absolute Gasteiger partial charge is 0.291 e. The standard InChI is InChI=1S/C24H23N5O2.C2H6/c1-15-9-5-6-12-17(15)21(25)31-24(26)29-22-23(30)27-19-14-8-7-13-18(19)20(28-22)16-10-3-2-4-11-16;1-2/h2-3,5-10,12-14,22,25H,4,11H2,1H3,(H2,26,29)(H,27,30);1-2H3. The van der Waals surface area contributed by atoms with Crippen LogP contribution in [0.25, 0.3) is 0 Å². The molecule has 2 aromatic carbocycles. The van der Waals surface area contributed by atoms with Crippen LogP contribution in [0.3, 0.4) is 0 Å². The van der Waals surface area contributed by atoms with E-state index in [0.717, 1.165) is 29.5 Å². The molecule has 33 heavy (non-hydrogen) atoms. The van der Waals surface area contributed by atoms with E-state index in [1.165, 1.54) is 0 Å². The highest BCUT2D eigenvalue weighted by molar-refractivity contribution is 6.19. The summed E-state index contributed by atoms with van der Waals surface area (Å²) in [6.07, 6.45) is 6.68. The van der Waals surface area contributed by atoms with E-state index in [4.69, 9.17) is 15.9 Å². The molecule has 1 aliphatic heterocycles. The summed E-state index contributed by atoms with van der Waals surface area (Å²) in [6, 6.07) is 14.6. The molecule has 170 valence electrons. The van der Waals surface area contributed by atoms with E-state index in [-0.39, 0.29) is 11.9 Å². The normalized spacial score (nSPS) is 17.4. The quantitative estimate of drug-likeness (QED) is 0.471. The third-order valence-corrected chi connectivity index (χ3v) is 5.09. The minimum Gasteiger partial charge on any atom is -0.407 e. The van der Waals surface area contributed by atoms with Gasteiger partial charge in [-0.25, -0.2) is 4.99 Å². The van der Waals surface area contributed by atoms with Gasteiger partial charge < -0.3 is 15.8 Å². The van der Waals surface area contributed by atoms with E-state index < -0.39 is 12.1 Å². The van der Waals surface area contributed by atoms with Crippen molar-refractivity contribution in [2.24, 2.45) is 15.7 Å². The number of rotatable bonds is 3. The SMILES string of the molecule is CC.Cc1ccccc1C(=N)O/C(N)=N/C1N=C(C2=CC=CCC2)c2ccccc2NC1=O. The second-order valence-corrected chi connectivity index (χ2v) is 7.26. The van der Waals surface area contributed by atoms with E-state index >= 15 is 0 Å². The molecule has 4 rings (SSSR count). The predicted octanol–water partition coefficient (Wildman–Crippen LogP) is 4.72. The van der Waals surface area contributed by atoms with Crippen LogP contribution in [0.15, 0.2) is 82.3 Å². The highest BCUT2D eigenvalue weighted by Gasteiger charge is 2.27. The second-order valence-electron chi connectivity index (χ2n) is 7.26. The Bertz CT molecular complexity index is 1160. The van der Waals surface area contributed by atoms with Crippen molar-refractivity contribution in [2.45, 2.75) is 39.8 Å². The maximum absolute atomic E-state index is 12.8. The first kappa shape index (κ1) is 23.7. The average molecular weight is 444 g/mol. The zero-order valence-corrected chi connectivity index (χ0v) is 19.1. The van der Waals surface area contributed by atoms with Gasteiger partial charge in [0.15, 0.2) is 0 Å². The third kappa shape index (κ3) is 5.63. The van der Waals surface area contributed by atoms with Crippen molar-refractivity contribution in [1.29, 1.82) is 5.41 Å². The van der Waals surface area contributed by atoms with Crippen molar-refractivity contribution in [1.82, 2.24) is 0 Å². The molecule has 0 saturated carbocycles. The fourth-order valence-electron chi connectivity index (χ4n) is 3.52. The number of aryl methyl sites for hydroxylation is 1. The van der Waals surface area contributed by atoms with E-state index in [9.17, 15) is 4.79 Å². The number of fused-ring (bicyclic) bond motifs is 1. The van der Waals surface area contributed by atoms with Gasteiger partial charge in [-0.15, -0.1) is 0 Å². The van der Waals surface area contributed by atoms with Gasteiger partial charge in [-0.3, -0.25) is 10.2 Å². The first-order valence-electron chi connectivity index (χ1n) is 11.0. The van der Waals surface area contributed by atoms with Crippen molar-refractivity contribution < 1.29 is 9.53 Å². The number of para-hydroxylation sites is 1. The maximum atomic E-state index is 12.8. The molecule has 1 amide bonds. The zero-order valence-electron chi connectivity index (χ0n) is 19.1. The molecule has 0 saturated heterocycles. The number of nitrogens with zero attached hydrogens (tertiary/aromatic N) is 2. The molecule has 0 spiro atoms. The number of nitrogens with two attached hydrogens (primary N) is 1. The molecule has 1 heterocycles. The molecule has 0 bridgehead atoms. The summed E-state index contributed by atoms with van der Waals surface area (Å²) in [7, 11) is 0. The van der Waals surface area contributed by atoms with Crippen LogP contribution in [-0.4, -0.2) is 29.7 Å². The Kier molecular flexibility index (Phi) is 7.91. The summed E-state index contributed by atoms with van der Waals surface area (Å²) in [4.78, 5) is 21.7. The molecular formula is C26H29N5O2. The van der Waals surface area contributed by atoms with Crippen molar-refractivity contribution >= 4 is 29.2 Å². The van der Waals surface area contributed by atoms with E-state index in [1.807, 2.05) is 75.4 Å². The molecule has 4 N–H and O–H groups in total. The largest absolute Gasteiger partial charge is 0.407 e. The molecule has 0 aromatic heterocycles. The summed E-state index contributed by atoms with van der Waals surface area (Å²) in [5.41, 5.74) is 10.7. The number of hydrogen-bond acceptors (Lipinski definition) is 5. The molecule has 1 unspecified atom stereocenters. The number of hydrogen-bond donors (Lipinski definition) is 3. The molecular weight excluding hydrogens is 414 g/mol. The molecule has 1 aliphatic carbocycles. The minimum absolute atomic E-state index is 0.138. The lowest BCUT2D eigenvalue weighted by atomic mass is 9.94. The molecule has 2 aromatic rings. The summed E-state index contributed by atoms with van der Waals surface area (Å²) < 4.78 is 5.40. The van der Waals surface area contributed by atoms with Crippen LogP contribution in [0.1, 0.15) is 43.4 Å². The average Bonchev–Trinajstić information content (AvgIpc) is 2.97. The van der Waals surface area contributed by atoms with Gasteiger partial charge in [0.1, 0.15) is 0 Å². The molecule has 0 fully saturated rings. The van der Waals surface area contributed by atoms with Crippen LogP contribution in [0.4, 0.5) is 5.69 Å². The number of benzodiazepines with no additional fused rings is 1. The van der Waals surface area contributed by atoms with Gasteiger partial charge in [-0.2, -0.15) is 4.99 Å². The van der Waals surface area contributed by atoms with Gasteiger partial charge in [0.2, 0.25) is 12.1 Å². The second kappa shape index (κ2) is 11.0. The van der Waals surface area contributed by atoms with E-state index in [2.05, 4.69) is 21.4 Å². The number of aliphatic imine (C=N–C) groups is 2. The number of carbonyl (C=O) groups excluding carboxylic acids is 1. The lowest BCUT2D eigenvalue weighted by molar-refractivity contribution is -0.117. The fraction of sp³-hybridized carbons (Fsp3) is 0.231. The predicted molar refractivity (Wildman–Crippen MR) is 134 cm³/mol. The Balaban J connectivity index is 0.00000149. The number of allylic oxidation sites excluding steroid dienone is 4. The van der Waals surface area contributed by atoms with Crippen molar-refractivity contribution in [3.8, 4) is 0 Å². The lowest BCUT2D eigenvalue weighted by Crippen LogP contribution is -2.29. The Morgan fingerprint density at radius 1 is 1.18 bits per heavy atom. The Morgan fingerprint density at radius 3 is 2.64 bits per heavy atom. The Hall–Kier alpha value is -4.00. The third-order valence-electron chi connectivity index (χ3n) is 5.09. The number of anilines is 1. The minimum atomic E-state index is -1.13. The first-order valence-corrected chi connectivity index (χ1v) is 11.0. The van der Waals surface area contributed by atoms with Gasteiger partial charge in [0.25, 0.3) is 11.9 Å². The highest BCUT2D eigenvalue weighted by Crippen LogP contribution is 2.27. The number of carbonyl (C=O) groups is 1. The van der Waals surface area contributed by atoms with Crippen LogP contribution in [0.5, 0.6) is 0 Å². The molecule has 7 heteroatoms. The zero-order chi connectivity index (χ0) is 23.8. The number of nitrogens with one attached hydrogen (secondary N) is 2. The molecule has 2 aliphatic rings. The summed E-state index contributed by atoms with van der Waals surface area (Å²) in [6.45, 7) is 5.87. The first-order chi connectivity index (χ1) is 16.0. The van der Waals surface area contributed by atoms with Crippen molar-refractivity contribution in [3.63, 3.8) is 0 Å².